The molecule has 0 amide bonds. The second-order valence-electron chi connectivity index (χ2n) is 4.76. The molecule has 0 saturated carbocycles. The Balaban J connectivity index is 1.91. The number of para-hydroxylation sites is 2. The molecule has 0 fully saturated rings. The van der Waals surface area contributed by atoms with Crippen molar-refractivity contribution in [3.63, 3.8) is 0 Å². The molecule has 1 atom stereocenters. The highest BCUT2D eigenvalue weighted by Crippen LogP contribution is 2.45. The van der Waals surface area contributed by atoms with Gasteiger partial charge in [0.25, 0.3) is 0 Å². The molecule has 0 N–H and O–H groups in total. The Morgan fingerprint density at radius 1 is 0.789 bits per heavy atom. The molecular weight excluding hydrogens is 232 g/mol. The zero-order valence-corrected chi connectivity index (χ0v) is 10.5. The van der Waals surface area contributed by atoms with Crippen molar-refractivity contribution in [2.24, 2.45) is 0 Å². The van der Waals surface area contributed by atoms with Crippen LogP contribution in [0.1, 0.15) is 11.6 Å². The van der Waals surface area contributed by atoms with Crippen LogP contribution in [0.25, 0.3) is 0 Å². The molecule has 2 aliphatic rings. The van der Waals surface area contributed by atoms with E-state index < -0.39 is 0 Å². The van der Waals surface area contributed by atoms with Crippen LogP contribution in [0.4, 0.5) is 11.4 Å². The SMILES string of the molecule is C1=CC2c3ccccc3N(c3ccccc3)N2C=C1. The third-order valence-corrected chi connectivity index (χ3v) is 3.64. The lowest BCUT2D eigenvalue weighted by Gasteiger charge is -2.33. The summed E-state index contributed by atoms with van der Waals surface area (Å²) >= 11 is 0. The first-order valence-corrected chi connectivity index (χ1v) is 6.52. The Morgan fingerprint density at radius 2 is 1.58 bits per heavy atom. The van der Waals surface area contributed by atoms with Gasteiger partial charge in [0.2, 0.25) is 0 Å². The minimum atomic E-state index is 0.307. The predicted molar refractivity (Wildman–Crippen MR) is 77.9 cm³/mol. The molecule has 0 radical (unpaired) electrons. The molecule has 0 spiro atoms. The van der Waals surface area contributed by atoms with Crippen LogP contribution < -0.4 is 5.01 Å². The Labute approximate surface area is 112 Å². The summed E-state index contributed by atoms with van der Waals surface area (Å²) in [7, 11) is 0. The van der Waals surface area contributed by atoms with Crippen LogP contribution in [0.2, 0.25) is 0 Å². The van der Waals surface area contributed by atoms with Crippen molar-refractivity contribution in [1.82, 2.24) is 5.01 Å². The topological polar surface area (TPSA) is 6.48 Å². The first-order valence-electron chi connectivity index (χ1n) is 6.52. The zero-order valence-electron chi connectivity index (χ0n) is 10.5. The normalized spacial score (nSPS) is 19.5. The molecule has 2 nitrogen and oxygen atoms in total. The second-order valence-corrected chi connectivity index (χ2v) is 4.76. The van der Waals surface area contributed by atoms with Crippen molar-refractivity contribution in [1.29, 1.82) is 0 Å². The molecular formula is C17H14N2. The number of hydrogen-bond donors (Lipinski definition) is 0. The molecule has 2 aliphatic heterocycles. The van der Waals surface area contributed by atoms with Crippen LogP contribution in [0.5, 0.6) is 0 Å². The van der Waals surface area contributed by atoms with Gasteiger partial charge in [-0.1, -0.05) is 48.6 Å². The van der Waals surface area contributed by atoms with E-state index in [-0.39, 0.29) is 0 Å². The van der Waals surface area contributed by atoms with Crippen LogP contribution in [0, 0.1) is 0 Å². The van der Waals surface area contributed by atoms with Gasteiger partial charge in [-0.3, -0.25) is 10.0 Å². The Bertz CT molecular complexity index is 658. The molecule has 92 valence electrons. The minimum Gasteiger partial charge on any atom is -0.277 e. The maximum absolute atomic E-state index is 2.28. The van der Waals surface area contributed by atoms with Crippen molar-refractivity contribution in [2.45, 2.75) is 6.04 Å². The summed E-state index contributed by atoms with van der Waals surface area (Å²) in [6.45, 7) is 0. The lowest BCUT2D eigenvalue weighted by molar-refractivity contribution is 0.357. The standard InChI is InChI=1S/C17H14N2/c1-2-8-14(9-3-1)19-17-12-5-4-10-15(17)16-11-6-7-13-18(16)19/h1-13,16H. The van der Waals surface area contributed by atoms with E-state index in [0.717, 1.165) is 0 Å². The van der Waals surface area contributed by atoms with E-state index >= 15 is 0 Å². The van der Waals surface area contributed by atoms with Crippen LogP contribution in [-0.2, 0) is 0 Å². The van der Waals surface area contributed by atoms with Gasteiger partial charge in [0.05, 0.1) is 17.4 Å². The molecule has 2 heterocycles. The number of nitrogens with zero attached hydrogens (tertiary/aromatic N) is 2. The summed E-state index contributed by atoms with van der Waals surface area (Å²) in [6, 6.07) is 19.4. The highest BCUT2D eigenvalue weighted by atomic mass is 15.7. The number of hydrogen-bond acceptors (Lipinski definition) is 2. The number of hydrazine groups is 1. The average Bonchev–Trinajstić information content (AvgIpc) is 2.83. The van der Waals surface area contributed by atoms with Crippen LogP contribution in [0.3, 0.4) is 0 Å². The van der Waals surface area contributed by atoms with Gasteiger partial charge in [-0.25, -0.2) is 0 Å². The van der Waals surface area contributed by atoms with Gasteiger partial charge in [0, 0.05) is 11.8 Å². The van der Waals surface area contributed by atoms with Crippen LogP contribution >= 0.6 is 0 Å². The van der Waals surface area contributed by atoms with Crippen molar-refractivity contribution >= 4 is 11.4 Å². The zero-order chi connectivity index (χ0) is 12.7. The Morgan fingerprint density at radius 3 is 2.47 bits per heavy atom. The molecule has 2 aromatic carbocycles. The number of benzene rings is 2. The number of fused-ring (bicyclic) bond motifs is 3. The second kappa shape index (κ2) is 4.02. The van der Waals surface area contributed by atoms with Gasteiger partial charge in [0.15, 0.2) is 0 Å². The Hall–Kier alpha value is -2.48. The molecule has 0 saturated heterocycles. The maximum Gasteiger partial charge on any atom is 0.0957 e. The fraction of sp³-hybridized carbons (Fsp3) is 0.0588. The van der Waals surface area contributed by atoms with Gasteiger partial charge >= 0.3 is 0 Å². The summed E-state index contributed by atoms with van der Waals surface area (Å²) in [5, 5.41) is 4.56. The van der Waals surface area contributed by atoms with Gasteiger partial charge in [-0.05, 0) is 24.3 Å². The van der Waals surface area contributed by atoms with E-state index in [1.165, 1.54) is 16.9 Å². The van der Waals surface area contributed by atoms with Crippen molar-refractivity contribution in [3.8, 4) is 0 Å². The summed E-state index contributed by atoms with van der Waals surface area (Å²) in [5.41, 5.74) is 3.80. The van der Waals surface area contributed by atoms with Crippen molar-refractivity contribution < 1.29 is 0 Å². The highest BCUT2D eigenvalue weighted by Gasteiger charge is 2.34. The molecule has 0 aromatic heterocycles. The third-order valence-electron chi connectivity index (χ3n) is 3.64. The largest absolute Gasteiger partial charge is 0.277 e. The third kappa shape index (κ3) is 1.50. The molecule has 2 aromatic rings. The number of allylic oxidation sites excluding steroid dienone is 2. The van der Waals surface area contributed by atoms with Gasteiger partial charge < -0.3 is 0 Å². The van der Waals surface area contributed by atoms with Crippen LogP contribution in [-0.4, -0.2) is 5.01 Å². The van der Waals surface area contributed by atoms with Gasteiger partial charge in [-0.15, -0.1) is 0 Å². The number of rotatable bonds is 1. The van der Waals surface area contributed by atoms with Gasteiger partial charge in [0.1, 0.15) is 0 Å². The lowest BCUT2D eigenvalue weighted by Crippen LogP contribution is -2.31. The van der Waals surface area contributed by atoms with Crippen LogP contribution in [0.15, 0.2) is 79.0 Å². The fourth-order valence-corrected chi connectivity index (χ4v) is 2.82. The molecule has 19 heavy (non-hydrogen) atoms. The molecule has 4 rings (SSSR count). The van der Waals surface area contributed by atoms with E-state index in [4.69, 9.17) is 0 Å². The first-order chi connectivity index (χ1) is 9.45. The molecule has 1 unspecified atom stereocenters. The predicted octanol–water partition coefficient (Wildman–Crippen LogP) is 4.18. The quantitative estimate of drug-likeness (QED) is 0.744. The fourth-order valence-electron chi connectivity index (χ4n) is 2.82. The minimum absolute atomic E-state index is 0.307. The number of anilines is 2. The van der Waals surface area contributed by atoms with E-state index in [0.29, 0.717) is 6.04 Å². The van der Waals surface area contributed by atoms with E-state index in [1.54, 1.807) is 0 Å². The Kier molecular flexibility index (Phi) is 2.21. The summed E-state index contributed by atoms with van der Waals surface area (Å²) < 4.78 is 0. The van der Waals surface area contributed by atoms with E-state index in [9.17, 15) is 0 Å². The van der Waals surface area contributed by atoms with Gasteiger partial charge in [-0.2, -0.15) is 0 Å². The van der Waals surface area contributed by atoms with Crippen molar-refractivity contribution in [2.75, 3.05) is 5.01 Å². The monoisotopic (exact) mass is 246 g/mol. The summed E-state index contributed by atoms with van der Waals surface area (Å²) in [4.78, 5) is 0. The smallest absolute Gasteiger partial charge is 0.0957 e. The first kappa shape index (κ1) is 10.4. The summed E-state index contributed by atoms with van der Waals surface area (Å²) in [6.07, 6.45) is 8.57. The van der Waals surface area contributed by atoms with Crippen molar-refractivity contribution in [3.05, 3.63) is 84.6 Å². The summed E-state index contributed by atoms with van der Waals surface area (Å²) in [5.74, 6) is 0. The molecule has 2 heteroatoms. The molecule has 0 bridgehead atoms. The average molecular weight is 246 g/mol. The lowest BCUT2D eigenvalue weighted by atomic mass is 10.1. The van der Waals surface area contributed by atoms with E-state index in [2.05, 4.69) is 89.0 Å². The van der Waals surface area contributed by atoms with E-state index in [1.807, 2.05) is 0 Å². The molecule has 0 aliphatic carbocycles. The maximum atomic E-state index is 2.28. The highest BCUT2D eigenvalue weighted by molar-refractivity contribution is 5.70.